The molecule has 1 saturated heterocycles. The second-order valence-electron chi connectivity index (χ2n) is 8.19. The first-order chi connectivity index (χ1) is 17.9. The molecule has 0 aliphatic carbocycles. The maximum absolute atomic E-state index is 13.0. The van der Waals surface area contributed by atoms with Crippen molar-refractivity contribution >= 4 is 61.7 Å². The van der Waals surface area contributed by atoms with E-state index in [0.717, 1.165) is 32.6 Å². The smallest absolute Gasteiger partial charge is 0.344 e. The average molecular weight is 574 g/mol. The van der Waals surface area contributed by atoms with E-state index < -0.39 is 5.97 Å². The first-order valence-corrected chi connectivity index (χ1v) is 12.9. The lowest BCUT2D eigenvalue weighted by Gasteiger charge is -2.13. The zero-order valence-corrected chi connectivity index (χ0v) is 22.0. The predicted molar refractivity (Wildman–Crippen MR) is 148 cm³/mol. The molecule has 8 heteroatoms. The Labute approximate surface area is 226 Å². The normalized spacial score (nSPS) is 14.4. The maximum Gasteiger partial charge on any atom is 0.344 e. The van der Waals surface area contributed by atoms with E-state index in [9.17, 15) is 14.4 Å². The lowest BCUT2D eigenvalue weighted by molar-refractivity contribution is -0.123. The summed E-state index contributed by atoms with van der Waals surface area (Å²) in [5.41, 5.74) is 1.92. The third-order valence-corrected chi connectivity index (χ3v) is 7.54. The fraction of sp³-hybridized carbons (Fsp3) is 0.0690. The molecule has 37 heavy (non-hydrogen) atoms. The van der Waals surface area contributed by atoms with Crippen LogP contribution >= 0.6 is 27.7 Å². The number of benzene rings is 4. The highest BCUT2D eigenvalue weighted by atomic mass is 79.9. The molecule has 0 unspecified atom stereocenters. The molecule has 0 aromatic heterocycles. The van der Waals surface area contributed by atoms with Crippen molar-refractivity contribution in [1.29, 1.82) is 0 Å². The van der Waals surface area contributed by atoms with Crippen LogP contribution in [0.1, 0.15) is 21.5 Å². The van der Waals surface area contributed by atoms with Crippen molar-refractivity contribution in [2.45, 2.75) is 6.54 Å². The quantitative estimate of drug-likeness (QED) is 0.139. The number of hydrogen-bond donors (Lipinski definition) is 0. The number of halogens is 1. The Balaban J connectivity index is 1.36. The molecular formula is C29H20BrNO5S. The zero-order valence-electron chi connectivity index (χ0n) is 19.6. The minimum absolute atomic E-state index is 0.176. The molecule has 0 atom stereocenters. The van der Waals surface area contributed by atoms with Gasteiger partial charge in [0.2, 0.25) is 0 Å². The second kappa shape index (κ2) is 10.6. The van der Waals surface area contributed by atoms with Crippen LogP contribution < -0.4 is 9.47 Å². The van der Waals surface area contributed by atoms with Gasteiger partial charge in [0.05, 0.1) is 24.1 Å². The Morgan fingerprint density at radius 3 is 2.51 bits per heavy atom. The van der Waals surface area contributed by atoms with Crippen LogP contribution in [0.15, 0.2) is 94.3 Å². The molecule has 1 aliphatic heterocycles. The summed E-state index contributed by atoms with van der Waals surface area (Å²) in [6, 6.07) is 25.5. The molecule has 4 aromatic rings. The number of carbonyl (C=O) groups excluding carboxylic acids is 3. The number of carbonyl (C=O) groups is 3. The van der Waals surface area contributed by atoms with Gasteiger partial charge in [0.1, 0.15) is 0 Å². The Hall–Kier alpha value is -3.88. The van der Waals surface area contributed by atoms with Gasteiger partial charge >= 0.3 is 5.97 Å². The summed E-state index contributed by atoms with van der Waals surface area (Å²) in [5.74, 6) is -0.290. The van der Waals surface area contributed by atoms with Crippen LogP contribution in [0.2, 0.25) is 0 Å². The van der Waals surface area contributed by atoms with E-state index in [1.807, 2.05) is 60.7 Å². The van der Waals surface area contributed by atoms with Gasteiger partial charge in [-0.25, -0.2) is 4.79 Å². The summed E-state index contributed by atoms with van der Waals surface area (Å²) in [7, 11) is 1.47. The minimum Gasteiger partial charge on any atom is -0.493 e. The van der Waals surface area contributed by atoms with Crippen molar-refractivity contribution in [1.82, 2.24) is 4.90 Å². The lowest BCUT2D eigenvalue weighted by Crippen LogP contribution is -2.27. The number of hydrogen-bond acceptors (Lipinski definition) is 6. The zero-order chi connectivity index (χ0) is 25.9. The van der Waals surface area contributed by atoms with E-state index in [4.69, 9.17) is 9.47 Å². The number of methoxy groups -OCH3 is 1. The fourth-order valence-corrected chi connectivity index (χ4v) is 5.25. The van der Waals surface area contributed by atoms with Crippen LogP contribution in [0.25, 0.3) is 16.8 Å². The highest BCUT2D eigenvalue weighted by molar-refractivity contribution is 9.10. The molecule has 5 rings (SSSR count). The summed E-state index contributed by atoms with van der Waals surface area (Å²) in [6.07, 6.45) is 1.63. The van der Waals surface area contributed by atoms with Crippen LogP contribution in [-0.2, 0) is 11.3 Å². The van der Waals surface area contributed by atoms with Gasteiger partial charge in [-0.3, -0.25) is 14.5 Å². The third kappa shape index (κ3) is 5.16. The van der Waals surface area contributed by atoms with Crippen LogP contribution in [0, 0.1) is 0 Å². The molecule has 2 amide bonds. The Bertz CT molecular complexity index is 1580. The van der Waals surface area contributed by atoms with Gasteiger partial charge < -0.3 is 9.47 Å². The van der Waals surface area contributed by atoms with E-state index in [2.05, 4.69) is 15.9 Å². The standard InChI is InChI=1S/C29H20BrNO5S/c1-35-25-15-18(16-26-27(32)31(29(34)37-26)17-20-8-3-5-12-23(20)30)13-14-24(25)36-28(33)22-11-6-9-19-7-2-4-10-21(19)22/h2-16H,17H2,1H3/b26-16-. The highest BCUT2D eigenvalue weighted by Gasteiger charge is 2.35. The molecule has 6 nitrogen and oxygen atoms in total. The van der Waals surface area contributed by atoms with Gasteiger partial charge in [-0.15, -0.1) is 0 Å². The average Bonchev–Trinajstić information content (AvgIpc) is 3.17. The van der Waals surface area contributed by atoms with Crippen LogP contribution in [-0.4, -0.2) is 29.1 Å². The summed E-state index contributed by atoms with van der Waals surface area (Å²) in [6.45, 7) is 0.176. The van der Waals surface area contributed by atoms with Crippen LogP contribution in [0.3, 0.4) is 0 Å². The summed E-state index contributed by atoms with van der Waals surface area (Å²) < 4.78 is 12.0. The second-order valence-corrected chi connectivity index (χ2v) is 10.0. The Kier molecular flexibility index (Phi) is 7.12. The van der Waals surface area contributed by atoms with Crippen molar-refractivity contribution in [2.75, 3.05) is 7.11 Å². The lowest BCUT2D eigenvalue weighted by atomic mass is 10.0. The number of nitrogens with zero attached hydrogens (tertiary/aromatic N) is 1. The van der Waals surface area contributed by atoms with Crippen molar-refractivity contribution in [3.05, 3.63) is 111 Å². The Morgan fingerprint density at radius 2 is 1.70 bits per heavy atom. The van der Waals surface area contributed by atoms with E-state index in [1.165, 1.54) is 12.0 Å². The monoisotopic (exact) mass is 573 g/mol. The van der Waals surface area contributed by atoms with Crippen molar-refractivity contribution < 1.29 is 23.9 Å². The first kappa shape index (κ1) is 24.8. The molecular weight excluding hydrogens is 554 g/mol. The molecule has 0 spiro atoms. The van der Waals surface area contributed by atoms with Gasteiger partial charge in [-0.1, -0.05) is 76.6 Å². The largest absolute Gasteiger partial charge is 0.493 e. The summed E-state index contributed by atoms with van der Waals surface area (Å²) in [5, 5.41) is 1.40. The highest BCUT2D eigenvalue weighted by Crippen LogP contribution is 2.36. The van der Waals surface area contributed by atoms with Crippen LogP contribution in [0.4, 0.5) is 4.79 Å². The summed E-state index contributed by atoms with van der Waals surface area (Å²) in [4.78, 5) is 40.0. The summed E-state index contributed by atoms with van der Waals surface area (Å²) >= 11 is 4.34. The van der Waals surface area contributed by atoms with Crippen molar-refractivity contribution in [2.24, 2.45) is 0 Å². The number of amides is 2. The third-order valence-electron chi connectivity index (χ3n) is 5.86. The predicted octanol–water partition coefficient (Wildman–Crippen LogP) is 7.07. The molecule has 0 bridgehead atoms. The van der Waals surface area contributed by atoms with Crippen LogP contribution in [0.5, 0.6) is 11.5 Å². The molecule has 0 N–H and O–H groups in total. The van der Waals surface area contributed by atoms with Gasteiger partial charge in [-0.05, 0) is 64.0 Å². The maximum atomic E-state index is 13.0. The number of thioether (sulfide) groups is 1. The number of fused-ring (bicyclic) bond motifs is 1. The van der Waals surface area contributed by atoms with E-state index in [-0.39, 0.29) is 23.4 Å². The van der Waals surface area contributed by atoms with E-state index >= 15 is 0 Å². The van der Waals surface area contributed by atoms with E-state index in [0.29, 0.717) is 21.8 Å². The number of rotatable bonds is 6. The molecule has 1 heterocycles. The fourth-order valence-electron chi connectivity index (χ4n) is 4.00. The number of esters is 1. The Morgan fingerprint density at radius 1 is 0.946 bits per heavy atom. The molecule has 0 radical (unpaired) electrons. The van der Waals surface area contributed by atoms with Gasteiger partial charge in [0.15, 0.2) is 11.5 Å². The number of ether oxygens (including phenoxy) is 2. The van der Waals surface area contributed by atoms with Gasteiger partial charge in [0.25, 0.3) is 11.1 Å². The molecule has 4 aromatic carbocycles. The van der Waals surface area contributed by atoms with Crippen molar-refractivity contribution in [3.63, 3.8) is 0 Å². The minimum atomic E-state index is -0.504. The molecule has 1 fully saturated rings. The number of imide groups is 1. The van der Waals surface area contributed by atoms with Gasteiger partial charge in [0, 0.05) is 4.47 Å². The SMILES string of the molecule is COc1cc(/C=C2\SC(=O)N(Cc3ccccc3Br)C2=O)ccc1OC(=O)c1cccc2ccccc12. The topological polar surface area (TPSA) is 72.9 Å². The van der Waals surface area contributed by atoms with Crippen molar-refractivity contribution in [3.8, 4) is 11.5 Å². The molecule has 1 aliphatic rings. The molecule has 184 valence electrons. The van der Waals surface area contributed by atoms with E-state index in [1.54, 1.807) is 30.3 Å². The van der Waals surface area contributed by atoms with Gasteiger partial charge in [-0.2, -0.15) is 0 Å². The molecule has 0 saturated carbocycles. The first-order valence-electron chi connectivity index (χ1n) is 11.3.